The molecule has 1 aromatic heterocycles. The number of hydrogen-bond donors (Lipinski definition) is 1. The van der Waals surface area contributed by atoms with Crippen LogP contribution in [0.4, 0.5) is 0 Å². The van der Waals surface area contributed by atoms with E-state index in [0.29, 0.717) is 12.0 Å². The van der Waals surface area contributed by atoms with Gasteiger partial charge in [0, 0.05) is 10.9 Å². The minimum Gasteiger partial charge on any atom is -0.312 e. The normalized spacial score (nSPS) is 13.8. The van der Waals surface area contributed by atoms with Gasteiger partial charge in [-0.3, -0.25) is 0 Å². The molecule has 0 amide bonds. The molecule has 0 aliphatic heterocycles. The molecule has 0 saturated heterocycles. The second-order valence-corrected chi connectivity index (χ2v) is 4.20. The molecule has 0 aliphatic rings. The average Bonchev–Trinajstić information content (AvgIpc) is 2.38. The Bertz CT molecular complexity index is 242. The third-order valence-electron chi connectivity index (χ3n) is 2.04. The first-order valence-electron chi connectivity index (χ1n) is 4.24. The predicted octanol–water partition coefficient (Wildman–Crippen LogP) is 2.37. The van der Waals surface area contributed by atoms with Gasteiger partial charge < -0.3 is 5.32 Å². The van der Waals surface area contributed by atoms with E-state index in [4.69, 9.17) is 0 Å². The summed E-state index contributed by atoms with van der Waals surface area (Å²) in [5, 5.41) is 3.32. The monoisotopic (exact) mass is 184 g/mol. The van der Waals surface area contributed by atoms with Crippen LogP contribution in [-0.4, -0.2) is 12.0 Å². The lowest BCUT2D eigenvalue weighted by Gasteiger charge is -2.18. The van der Waals surface area contributed by atoms with E-state index < -0.39 is 0 Å². The molecule has 12 heavy (non-hydrogen) atoms. The second-order valence-electron chi connectivity index (χ2n) is 3.31. The molecule has 0 fully saturated rings. The van der Waals surface area contributed by atoms with Crippen molar-refractivity contribution in [3.05, 3.63) is 16.1 Å². The molecule has 1 atom stereocenters. The van der Waals surface area contributed by atoms with Crippen molar-refractivity contribution in [1.29, 1.82) is 0 Å². The summed E-state index contributed by atoms with van der Waals surface area (Å²) in [6.07, 6.45) is 0. The van der Waals surface area contributed by atoms with Crippen LogP contribution >= 0.6 is 11.3 Å². The topological polar surface area (TPSA) is 24.9 Å². The Labute approximate surface area is 78.0 Å². The van der Waals surface area contributed by atoms with Crippen LogP contribution < -0.4 is 5.32 Å². The third kappa shape index (κ3) is 1.84. The highest BCUT2D eigenvalue weighted by molar-refractivity contribution is 7.09. The Kier molecular flexibility index (Phi) is 3.23. The van der Waals surface area contributed by atoms with Gasteiger partial charge in [-0.05, 0) is 19.9 Å². The Balaban J connectivity index is 2.87. The van der Waals surface area contributed by atoms with E-state index in [1.54, 1.807) is 11.3 Å². The Morgan fingerprint density at radius 3 is 2.50 bits per heavy atom. The van der Waals surface area contributed by atoms with Crippen molar-refractivity contribution in [2.45, 2.75) is 26.8 Å². The lowest BCUT2D eigenvalue weighted by atomic mass is 10.0. The smallest absolute Gasteiger partial charge is 0.0798 e. The second kappa shape index (κ2) is 4.01. The predicted molar refractivity (Wildman–Crippen MR) is 53.5 cm³/mol. The van der Waals surface area contributed by atoms with Crippen LogP contribution in [0.2, 0.25) is 0 Å². The Morgan fingerprint density at radius 2 is 2.17 bits per heavy atom. The van der Waals surface area contributed by atoms with Crippen molar-refractivity contribution >= 4 is 11.3 Å². The maximum Gasteiger partial charge on any atom is 0.0798 e. The molecule has 0 aliphatic carbocycles. The summed E-state index contributed by atoms with van der Waals surface area (Å²) in [7, 11) is 2.00. The van der Waals surface area contributed by atoms with Crippen LogP contribution in [0, 0.1) is 12.8 Å². The molecular formula is C9H16N2S. The van der Waals surface area contributed by atoms with Gasteiger partial charge in [-0.1, -0.05) is 13.8 Å². The summed E-state index contributed by atoms with van der Waals surface area (Å²) in [5.74, 6) is 0.620. The summed E-state index contributed by atoms with van der Waals surface area (Å²) in [6.45, 7) is 6.51. The fourth-order valence-corrected chi connectivity index (χ4v) is 2.46. The number of thiazole rings is 1. The molecule has 1 unspecified atom stereocenters. The van der Waals surface area contributed by atoms with Gasteiger partial charge >= 0.3 is 0 Å². The van der Waals surface area contributed by atoms with Crippen LogP contribution in [0.5, 0.6) is 0 Å². The molecule has 1 rings (SSSR count). The quantitative estimate of drug-likeness (QED) is 0.780. The molecular weight excluding hydrogens is 168 g/mol. The van der Waals surface area contributed by atoms with Gasteiger partial charge in [-0.15, -0.1) is 11.3 Å². The molecule has 0 radical (unpaired) electrons. The summed E-state index contributed by atoms with van der Waals surface area (Å²) in [6, 6.07) is 0.456. The minimum atomic E-state index is 0.456. The highest BCUT2D eigenvalue weighted by atomic mass is 32.1. The zero-order chi connectivity index (χ0) is 9.14. The minimum absolute atomic E-state index is 0.456. The Hall–Kier alpha value is -0.410. The van der Waals surface area contributed by atoms with E-state index in [9.17, 15) is 0 Å². The van der Waals surface area contributed by atoms with Crippen LogP contribution in [0.3, 0.4) is 0 Å². The van der Waals surface area contributed by atoms with E-state index in [1.165, 1.54) is 4.88 Å². The van der Waals surface area contributed by atoms with E-state index >= 15 is 0 Å². The summed E-state index contributed by atoms with van der Waals surface area (Å²) < 4.78 is 0. The van der Waals surface area contributed by atoms with Gasteiger partial charge in [0.25, 0.3) is 0 Å². The van der Waals surface area contributed by atoms with Gasteiger partial charge in [0.15, 0.2) is 0 Å². The van der Waals surface area contributed by atoms with Crippen LogP contribution in [-0.2, 0) is 0 Å². The van der Waals surface area contributed by atoms with Crippen molar-refractivity contribution in [3.63, 3.8) is 0 Å². The highest BCUT2D eigenvalue weighted by Gasteiger charge is 2.17. The van der Waals surface area contributed by atoms with Gasteiger partial charge in [0.05, 0.1) is 11.2 Å². The maximum absolute atomic E-state index is 4.25. The zero-order valence-electron chi connectivity index (χ0n) is 8.09. The van der Waals surface area contributed by atoms with Gasteiger partial charge in [0.1, 0.15) is 0 Å². The molecule has 1 heterocycles. The number of nitrogens with one attached hydrogen (secondary N) is 1. The van der Waals surface area contributed by atoms with Crippen molar-refractivity contribution in [2.24, 2.45) is 5.92 Å². The summed E-state index contributed by atoms with van der Waals surface area (Å²) >= 11 is 1.74. The molecule has 0 saturated carbocycles. The van der Waals surface area contributed by atoms with E-state index in [-0.39, 0.29) is 0 Å². The number of nitrogens with zero attached hydrogens (tertiary/aromatic N) is 1. The first kappa shape index (κ1) is 9.68. The van der Waals surface area contributed by atoms with Crippen molar-refractivity contribution < 1.29 is 0 Å². The number of aromatic nitrogens is 1. The largest absolute Gasteiger partial charge is 0.312 e. The molecule has 0 spiro atoms. The maximum atomic E-state index is 4.25. The molecule has 0 bridgehead atoms. The number of hydrogen-bond acceptors (Lipinski definition) is 3. The first-order chi connectivity index (χ1) is 5.66. The molecule has 1 N–H and O–H groups in total. The van der Waals surface area contributed by atoms with Crippen LogP contribution in [0.15, 0.2) is 5.51 Å². The molecule has 1 aromatic rings. The van der Waals surface area contributed by atoms with Crippen LogP contribution in [0.25, 0.3) is 0 Å². The molecule has 3 heteroatoms. The molecule has 0 aromatic carbocycles. The number of aryl methyl sites for hydroxylation is 1. The fourth-order valence-electron chi connectivity index (χ4n) is 1.38. The van der Waals surface area contributed by atoms with Crippen LogP contribution in [0.1, 0.15) is 30.5 Å². The Morgan fingerprint density at radius 1 is 1.50 bits per heavy atom. The highest BCUT2D eigenvalue weighted by Crippen LogP contribution is 2.26. The van der Waals surface area contributed by atoms with Crippen molar-refractivity contribution in [2.75, 3.05) is 7.05 Å². The summed E-state index contributed by atoms with van der Waals surface area (Å²) in [5.41, 5.74) is 3.07. The lowest BCUT2D eigenvalue weighted by molar-refractivity contribution is 0.447. The van der Waals surface area contributed by atoms with Gasteiger partial charge in [0.2, 0.25) is 0 Å². The van der Waals surface area contributed by atoms with E-state index in [2.05, 4.69) is 31.1 Å². The zero-order valence-corrected chi connectivity index (χ0v) is 8.90. The average molecular weight is 184 g/mol. The van der Waals surface area contributed by atoms with E-state index in [1.807, 2.05) is 12.6 Å². The lowest BCUT2D eigenvalue weighted by Crippen LogP contribution is -2.21. The standard InChI is InChI=1S/C9H16N2S/c1-6(2)8(10-4)9-7(3)11-5-12-9/h5-6,8,10H,1-4H3. The van der Waals surface area contributed by atoms with Crippen molar-refractivity contribution in [1.82, 2.24) is 10.3 Å². The van der Waals surface area contributed by atoms with Crippen molar-refractivity contribution in [3.8, 4) is 0 Å². The van der Waals surface area contributed by atoms with E-state index in [0.717, 1.165) is 5.69 Å². The third-order valence-corrected chi connectivity index (χ3v) is 3.06. The van der Waals surface area contributed by atoms with Gasteiger partial charge in [-0.2, -0.15) is 0 Å². The molecule has 68 valence electrons. The fraction of sp³-hybridized carbons (Fsp3) is 0.667. The van der Waals surface area contributed by atoms with Gasteiger partial charge in [-0.25, -0.2) is 4.98 Å². The SMILES string of the molecule is CNC(c1scnc1C)C(C)C. The number of rotatable bonds is 3. The molecule has 2 nitrogen and oxygen atoms in total. The summed E-state index contributed by atoms with van der Waals surface area (Å²) in [4.78, 5) is 5.61. The first-order valence-corrected chi connectivity index (χ1v) is 5.12.